The maximum absolute atomic E-state index is 12.7. The van der Waals surface area contributed by atoms with Gasteiger partial charge in [0.15, 0.2) is 0 Å². The van der Waals surface area contributed by atoms with Gasteiger partial charge in [-0.15, -0.1) is 18.2 Å². The van der Waals surface area contributed by atoms with Gasteiger partial charge in [-0.1, -0.05) is 29.3 Å². The van der Waals surface area contributed by atoms with Gasteiger partial charge < -0.3 is 9.84 Å². The van der Waals surface area contributed by atoms with Gasteiger partial charge in [0.1, 0.15) is 5.76 Å². The molecular formula is C21H18N2O2S. The maximum atomic E-state index is 12.7. The second-order valence-electron chi connectivity index (χ2n) is 5.77. The van der Waals surface area contributed by atoms with Crippen molar-refractivity contribution < 1.29 is 9.32 Å². The first kappa shape index (κ1) is 17.8. The summed E-state index contributed by atoms with van der Waals surface area (Å²) in [6.07, 6.45) is 5.42. The number of anilines is 1. The minimum Gasteiger partial charge on any atom is -0.361 e. The van der Waals surface area contributed by atoms with E-state index >= 15 is 0 Å². The zero-order valence-electron chi connectivity index (χ0n) is 14.6. The van der Waals surface area contributed by atoms with Gasteiger partial charge in [-0.05, 0) is 44.2 Å². The number of carbonyl (C=O) groups excluding carboxylic acids is 1. The van der Waals surface area contributed by atoms with Crippen molar-refractivity contribution in [1.29, 1.82) is 0 Å². The maximum Gasteiger partial charge on any atom is 0.256 e. The van der Waals surface area contributed by atoms with Gasteiger partial charge >= 0.3 is 0 Å². The SMILES string of the molecule is C#Cc1cccc(NC(=O)c2ccccc2SCc2c(C)noc2C)c1. The van der Waals surface area contributed by atoms with Crippen LogP contribution in [-0.2, 0) is 5.75 Å². The van der Waals surface area contributed by atoms with Crippen molar-refractivity contribution in [2.75, 3.05) is 5.32 Å². The van der Waals surface area contributed by atoms with Crippen LogP contribution in [0.25, 0.3) is 0 Å². The van der Waals surface area contributed by atoms with Crippen LogP contribution in [0.15, 0.2) is 57.9 Å². The van der Waals surface area contributed by atoms with E-state index < -0.39 is 0 Å². The molecule has 1 aromatic heterocycles. The van der Waals surface area contributed by atoms with Crippen LogP contribution in [0.2, 0.25) is 0 Å². The lowest BCUT2D eigenvalue weighted by atomic mass is 10.2. The molecule has 0 unspecified atom stereocenters. The lowest BCUT2D eigenvalue weighted by molar-refractivity contribution is 0.102. The van der Waals surface area contributed by atoms with Crippen molar-refractivity contribution in [3.05, 3.63) is 76.7 Å². The standard InChI is InChI=1S/C21H18N2O2S/c1-4-16-8-7-9-17(12-16)22-21(24)18-10-5-6-11-20(18)26-13-19-14(2)23-25-15(19)3/h1,5-12H,13H2,2-3H3,(H,22,24). The Balaban J connectivity index is 1.78. The predicted molar refractivity (Wildman–Crippen MR) is 104 cm³/mol. The molecule has 5 heteroatoms. The van der Waals surface area contributed by atoms with Crippen LogP contribution in [-0.4, -0.2) is 11.1 Å². The Morgan fingerprint density at radius 2 is 2.04 bits per heavy atom. The molecule has 0 saturated carbocycles. The number of aromatic nitrogens is 1. The third-order valence-corrected chi connectivity index (χ3v) is 5.07. The monoisotopic (exact) mass is 362 g/mol. The van der Waals surface area contributed by atoms with E-state index in [0.29, 0.717) is 17.0 Å². The summed E-state index contributed by atoms with van der Waals surface area (Å²) in [5.41, 5.74) is 3.96. The summed E-state index contributed by atoms with van der Waals surface area (Å²) < 4.78 is 5.20. The van der Waals surface area contributed by atoms with E-state index in [1.54, 1.807) is 17.8 Å². The van der Waals surface area contributed by atoms with Crippen molar-refractivity contribution in [2.24, 2.45) is 0 Å². The molecule has 1 N–H and O–H groups in total. The lowest BCUT2D eigenvalue weighted by Crippen LogP contribution is -2.13. The number of amides is 1. The van der Waals surface area contributed by atoms with Crippen LogP contribution in [0.5, 0.6) is 0 Å². The quantitative estimate of drug-likeness (QED) is 0.522. The third kappa shape index (κ3) is 3.98. The summed E-state index contributed by atoms with van der Waals surface area (Å²) in [6.45, 7) is 3.82. The van der Waals surface area contributed by atoms with Gasteiger partial charge in [-0.2, -0.15) is 0 Å². The van der Waals surface area contributed by atoms with Crippen LogP contribution in [0.4, 0.5) is 5.69 Å². The van der Waals surface area contributed by atoms with Gasteiger partial charge in [-0.3, -0.25) is 4.79 Å². The third-order valence-electron chi connectivity index (χ3n) is 3.97. The average Bonchev–Trinajstić information content (AvgIpc) is 2.98. The summed E-state index contributed by atoms with van der Waals surface area (Å²) in [7, 11) is 0. The zero-order chi connectivity index (χ0) is 18.5. The normalized spacial score (nSPS) is 10.3. The summed E-state index contributed by atoms with van der Waals surface area (Å²) >= 11 is 1.59. The number of hydrogen-bond donors (Lipinski definition) is 1. The topological polar surface area (TPSA) is 55.1 Å². The molecule has 3 aromatic rings. The van der Waals surface area contributed by atoms with Gasteiger partial charge in [0.2, 0.25) is 0 Å². The van der Waals surface area contributed by atoms with E-state index in [9.17, 15) is 4.79 Å². The number of hydrogen-bond acceptors (Lipinski definition) is 4. The Hall–Kier alpha value is -2.97. The van der Waals surface area contributed by atoms with E-state index in [1.807, 2.05) is 56.3 Å². The van der Waals surface area contributed by atoms with Gasteiger partial charge in [0.25, 0.3) is 5.91 Å². The smallest absolute Gasteiger partial charge is 0.256 e. The van der Waals surface area contributed by atoms with Crippen LogP contribution in [0.3, 0.4) is 0 Å². The van der Waals surface area contributed by atoms with E-state index in [4.69, 9.17) is 10.9 Å². The van der Waals surface area contributed by atoms with Crippen molar-refractivity contribution in [3.63, 3.8) is 0 Å². The molecule has 4 nitrogen and oxygen atoms in total. The molecule has 1 amide bonds. The fourth-order valence-electron chi connectivity index (χ4n) is 2.52. The fraction of sp³-hybridized carbons (Fsp3) is 0.143. The van der Waals surface area contributed by atoms with Crippen LogP contribution in [0, 0.1) is 26.2 Å². The Morgan fingerprint density at radius 3 is 2.77 bits per heavy atom. The molecule has 3 rings (SSSR count). The van der Waals surface area contributed by atoms with E-state index in [0.717, 1.165) is 27.5 Å². The number of benzene rings is 2. The molecule has 0 saturated heterocycles. The predicted octanol–water partition coefficient (Wildman–Crippen LogP) is 4.82. The molecular weight excluding hydrogens is 344 g/mol. The highest BCUT2D eigenvalue weighted by atomic mass is 32.2. The first-order valence-corrected chi connectivity index (χ1v) is 9.08. The number of terminal acetylenes is 1. The Kier molecular flexibility index (Phi) is 5.45. The molecule has 2 aromatic carbocycles. The lowest BCUT2D eigenvalue weighted by Gasteiger charge is -2.10. The molecule has 0 fully saturated rings. The minimum atomic E-state index is -0.166. The highest BCUT2D eigenvalue weighted by Crippen LogP contribution is 2.29. The van der Waals surface area contributed by atoms with E-state index in [1.165, 1.54) is 0 Å². The highest BCUT2D eigenvalue weighted by molar-refractivity contribution is 7.98. The van der Waals surface area contributed by atoms with Gasteiger partial charge in [0.05, 0.1) is 11.3 Å². The molecule has 0 aliphatic carbocycles. The van der Waals surface area contributed by atoms with Gasteiger partial charge in [-0.25, -0.2) is 0 Å². The summed E-state index contributed by atoms with van der Waals surface area (Å²) in [5, 5.41) is 6.88. The molecule has 0 aliphatic heterocycles. The summed E-state index contributed by atoms with van der Waals surface area (Å²) in [4.78, 5) is 13.6. The molecule has 0 bridgehead atoms. The van der Waals surface area contributed by atoms with Crippen molar-refractivity contribution in [1.82, 2.24) is 5.16 Å². The fourth-order valence-corrected chi connectivity index (χ4v) is 3.73. The minimum absolute atomic E-state index is 0.166. The highest BCUT2D eigenvalue weighted by Gasteiger charge is 2.14. The zero-order valence-corrected chi connectivity index (χ0v) is 15.4. The first-order valence-electron chi connectivity index (χ1n) is 8.10. The largest absolute Gasteiger partial charge is 0.361 e. The molecule has 130 valence electrons. The first-order chi connectivity index (χ1) is 12.6. The molecule has 1 heterocycles. The molecule has 0 spiro atoms. The van der Waals surface area contributed by atoms with Gasteiger partial charge in [0, 0.05) is 27.5 Å². The number of nitrogens with zero attached hydrogens (tertiary/aromatic N) is 1. The van der Waals surface area contributed by atoms with E-state index in [-0.39, 0.29) is 5.91 Å². The average molecular weight is 362 g/mol. The van der Waals surface area contributed by atoms with Crippen LogP contribution in [0.1, 0.15) is 32.9 Å². The number of nitrogens with one attached hydrogen (secondary N) is 1. The number of carbonyl (C=O) groups is 1. The number of thioether (sulfide) groups is 1. The second kappa shape index (κ2) is 7.94. The molecule has 26 heavy (non-hydrogen) atoms. The van der Waals surface area contributed by atoms with Crippen LogP contribution < -0.4 is 5.32 Å². The Morgan fingerprint density at radius 1 is 1.23 bits per heavy atom. The van der Waals surface area contributed by atoms with Crippen LogP contribution >= 0.6 is 11.8 Å². The summed E-state index contributed by atoms with van der Waals surface area (Å²) in [6, 6.07) is 14.8. The number of aryl methyl sites for hydroxylation is 2. The summed E-state index contributed by atoms with van der Waals surface area (Å²) in [5.74, 6) is 3.90. The van der Waals surface area contributed by atoms with Crippen molar-refractivity contribution in [2.45, 2.75) is 24.5 Å². The van der Waals surface area contributed by atoms with Crippen molar-refractivity contribution >= 4 is 23.4 Å². The molecule has 0 atom stereocenters. The Bertz CT molecular complexity index is 966. The second-order valence-corrected chi connectivity index (χ2v) is 6.78. The Labute approximate surface area is 157 Å². The molecule has 0 aliphatic rings. The number of rotatable bonds is 5. The molecule has 0 radical (unpaired) electrons. The van der Waals surface area contributed by atoms with Crippen molar-refractivity contribution in [3.8, 4) is 12.3 Å². The van der Waals surface area contributed by atoms with E-state index in [2.05, 4.69) is 16.4 Å².